The quantitative estimate of drug-likeness (QED) is 0.698. The molecule has 0 fully saturated rings. The average molecular weight is 365 g/mol. The zero-order valence-electron chi connectivity index (χ0n) is 15.6. The molecule has 0 atom stereocenters. The Morgan fingerprint density at radius 2 is 1.89 bits per heavy atom. The number of fused-ring (bicyclic) bond motifs is 1. The van der Waals surface area contributed by atoms with E-state index in [2.05, 4.69) is 9.97 Å². The van der Waals surface area contributed by atoms with Gasteiger partial charge < -0.3 is 14.6 Å². The predicted molar refractivity (Wildman–Crippen MR) is 105 cm³/mol. The van der Waals surface area contributed by atoms with Crippen LogP contribution in [0.15, 0.2) is 53.3 Å². The molecule has 0 saturated heterocycles. The fraction of sp³-hybridized carbons (Fsp3) is 0.286. The van der Waals surface area contributed by atoms with E-state index in [0.717, 1.165) is 11.3 Å². The molecule has 27 heavy (non-hydrogen) atoms. The van der Waals surface area contributed by atoms with E-state index in [1.807, 2.05) is 42.5 Å². The summed E-state index contributed by atoms with van der Waals surface area (Å²) in [6.45, 7) is 0.549. The molecule has 0 unspecified atom stereocenters. The van der Waals surface area contributed by atoms with E-state index >= 15 is 0 Å². The number of nitrogens with zero attached hydrogens (tertiary/aromatic N) is 2. The Bertz CT molecular complexity index is 980. The van der Waals surface area contributed by atoms with E-state index in [9.17, 15) is 9.59 Å². The Kier molecular flexibility index (Phi) is 5.86. The van der Waals surface area contributed by atoms with Gasteiger partial charge in [-0.05, 0) is 36.2 Å². The number of para-hydroxylation sites is 1. The van der Waals surface area contributed by atoms with Crippen LogP contribution in [-0.4, -0.2) is 34.9 Å². The van der Waals surface area contributed by atoms with Gasteiger partial charge in [-0.2, -0.15) is 0 Å². The van der Waals surface area contributed by atoms with Gasteiger partial charge >= 0.3 is 0 Å². The molecule has 0 bridgehead atoms. The molecule has 3 aromatic rings. The number of H-pyrrole nitrogens is 1. The summed E-state index contributed by atoms with van der Waals surface area (Å²) in [5.41, 5.74) is 1.59. The molecule has 6 nitrogen and oxygen atoms in total. The summed E-state index contributed by atoms with van der Waals surface area (Å²) in [5, 5.41) is 0.580. The van der Waals surface area contributed by atoms with E-state index in [1.54, 1.807) is 25.1 Å². The molecule has 1 heterocycles. The number of amides is 1. The van der Waals surface area contributed by atoms with E-state index in [4.69, 9.17) is 4.74 Å². The van der Waals surface area contributed by atoms with Crippen LogP contribution in [-0.2, 0) is 17.8 Å². The Morgan fingerprint density at radius 1 is 1.15 bits per heavy atom. The van der Waals surface area contributed by atoms with Crippen LogP contribution in [0.3, 0.4) is 0 Å². The minimum Gasteiger partial charge on any atom is -0.497 e. The third kappa shape index (κ3) is 4.73. The number of carbonyl (C=O) groups is 1. The first-order chi connectivity index (χ1) is 13.1. The standard InChI is InChI=1S/C21H23N3O3/c1-24(14-15-10-12-16(27-2)13-11-15)20(25)9-5-8-19-22-18-7-4-3-6-17(18)21(26)23-19/h3-4,6-7,10-13H,5,8-9,14H2,1-2H3,(H,22,23,26). The minimum atomic E-state index is -0.140. The SMILES string of the molecule is COc1ccc(CN(C)C(=O)CCCc2nc3ccccc3c(=O)[nH]2)cc1. The Balaban J connectivity index is 1.53. The smallest absolute Gasteiger partial charge is 0.258 e. The van der Waals surface area contributed by atoms with E-state index in [1.165, 1.54) is 0 Å². The molecule has 1 aromatic heterocycles. The number of nitrogens with one attached hydrogen (secondary N) is 1. The van der Waals surface area contributed by atoms with E-state index < -0.39 is 0 Å². The molecular weight excluding hydrogens is 342 g/mol. The molecule has 3 rings (SSSR count). The van der Waals surface area contributed by atoms with Crippen LogP contribution in [0.4, 0.5) is 0 Å². The third-order valence-corrected chi connectivity index (χ3v) is 4.47. The molecule has 0 aliphatic heterocycles. The third-order valence-electron chi connectivity index (χ3n) is 4.47. The molecule has 0 spiro atoms. The van der Waals surface area contributed by atoms with Gasteiger partial charge in [-0.25, -0.2) is 4.98 Å². The maximum Gasteiger partial charge on any atom is 0.258 e. The number of rotatable bonds is 7. The summed E-state index contributed by atoms with van der Waals surface area (Å²) in [4.78, 5) is 33.4. The predicted octanol–water partition coefficient (Wildman–Crippen LogP) is 2.91. The van der Waals surface area contributed by atoms with Crippen molar-refractivity contribution in [2.45, 2.75) is 25.8 Å². The molecule has 0 aliphatic carbocycles. The van der Waals surface area contributed by atoms with Gasteiger partial charge in [0.05, 0.1) is 18.0 Å². The highest BCUT2D eigenvalue weighted by Crippen LogP contribution is 2.13. The number of hydrogen-bond acceptors (Lipinski definition) is 4. The van der Waals surface area contributed by atoms with E-state index in [-0.39, 0.29) is 11.5 Å². The van der Waals surface area contributed by atoms with Gasteiger partial charge in [0.1, 0.15) is 11.6 Å². The van der Waals surface area contributed by atoms with Crippen molar-refractivity contribution in [3.05, 3.63) is 70.3 Å². The van der Waals surface area contributed by atoms with Crippen molar-refractivity contribution in [2.24, 2.45) is 0 Å². The monoisotopic (exact) mass is 365 g/mol. The van der Waals surface area contributed by atoms with Crippen LogP contribution in [0.5, 0.6) is 5.75 Å². The first-order valence-electron chi connectivity index (χ1n) is 8.91. The number of carbonyl (C=O) groups excluding carboxylic acids is 1. The molecule has 2 aromatic carbocycles. The summed E-state index contributed by atoms with van der Waals surface area (Å²) in [6.07, 6.45) is 1.60. The maximum absolute atomic E-state index is 12.3. The van der Waals surface area contributed by atoms with Gasteiger partial charge in [0.15, 0.2) is 0 Å². The number of hydrogen-bond donors (Lipinski definition) is 1. The van der Waals surface area contributed by atoms with Crippen LogP contribution < -0.4 is 10.3 Å². The van der Waals surface area contributed by atoms with Crippen molar-refractivity contribution in [2.75, 3.05) is 14.2 Å². The van der Waals surface area contributed by atoms with Gasteiger partial charge in [0, 0.05) is 26.4 Å². The van der Waals surface area contributed by atoms with Crippen LogP contribution in [0.25, 0.3) is 10.9 Å². The Hall–Kier alpha value is -3.15. The van der Waals surface area contributed by atoms with Crippen molar-refractivity contribution >= 4 is 16.8 Å². The van der Waals surface area contributed by atoms with Crippen molar-refractivity contribution in [3.8, 4) is 5.75 Å². The van der Waals surface area contributed by atoms with Crippen molar-refractivity contribution < 1.29 is 9.53 Å². The fourth-order valence-corrected chi connectivity index (χ4v) is 2.94. The van der Waals surface area contributed by atoms with Crippen LogP contribution in [0, 0.1) is 0 Å². The van der Waals surface area contributed by atoms with Gasteiger partial charge in [0.2, 0.25) is 5.91 Å². The summed E-state index contributed by atoms with van der Waals surface area (Å²) in [5.74, 6) is 1.47. The van der Waals surface area contributed by atoms with Crippen molar-refractivity contribution in [1.29, 1.82) is 0 Å². The first-order valence-corrected chi connectivity index (χ1v) is 8.91. The number of methoxy groups -OCH3 is 1. The normalized spacial score (nSPS) is 10.7. The number of aromatic amines is 1. The number of ether oxygens (including phenoxy) is 1. The molecule has 0 radical (unpaired) electrons. The Morgan fingerprint density at radius 3 is 2.63 bits per heavy atom. The average Bonchev–Trinajstić information content (AvgIpc) is 2.68. The fourth-order valence-electron chi connectivity index (χ4n) is 2.94. The van der Waals surface area contributed by atoms with Crippen molar-refractivity contribution in [1.82, 2.24) is 14.9 Å². The second-order valence-electron chi connectivity index (χ2n) is 6.48. The highest BCUT2D eigenvalue weighted by atomic mass is 16.5. The van der Waals surface area contributed by atoms with Gasteiger partial charge in [-0.15, -0.1) is 0 Å². The second kappa shape index (κ2) is 8.49. The highest BCUT2D eigenvalue weighted by molar-refractivity contribution is 5.77. The van der Waals surface area contributed by atoms with Crippen molar-refractivity contribution in [3.63, 3.8) is 0 Å². The molecule has 1 N–H and O–H groups in total. The van der Waals surface area contributed by atoms with Gasteiger partial charge in [0.25, 0.3) is 5.56 Å². The topological polar surface area (TPSA) is 75.3 Å². The number of aromatic nitrogens is 2. The maximum atomic E-state index is 12.3. The van der Waals surface area contributed by atoms with E-state index in [0.29, 0.717) is 42.5 Å². The number of benzene rings is 2. The zero-order valence-corrected chi connectivity index (χ0v) is 15.6. The lowest BCUT2D eigenvalue weighted by molar-refractivity contribution is -0.130. The molecule has 6 heteroatoms. The zero-order chi connectivity index (χ0) is 19.2. The van der Waals surface area contributed by atoms with Gasteiger partial charge in [-0.3, -0.25) is 9.59 Å². The molecular formula is C21H23N3O3. The lowest BCUT2D eigenvalue weighted by Crippen LogP contribution is -2.26. The van der Waals surface area contributed by atoms with Gasteiger partial charge in [-0.1, -0.05) is 24.3 Å². The highest BCUT2D eigenvalue weighted by Gasteiger charge is 2.10. The summed E-state index contributed by atoms with van der Waals surface area (Å²) in [7, 11) is 3.42. The Labute approximate surface area is 157 Å². The van der Waals surface area contributed by atoms with Crippen LogP contribution >= 0.6 is 0 Å². The molecule has 0 aliphatic rings. The van der Waals surface area contributed by atoms with Crippen LogP contribution in [0.2, 0.25) is 0 Å². The molecule has 140 valence electrons. The summed E-state index contributed by atoms with van der Waals surface area (Å²) >= 11 is 0. The second-order valence-corrected chi connectivity index (χ2v) is 6.48. The summed E-state index contributed by atoms with van der Waals surface area (Å²) < 4.78 is 5.14. The lowest BCUT2D eigenvalue weighted by Gasteiger charge is -2.17. The van der Waals surface area contributed by atoms with Crippen LogP contribution in [0.1, 0.15) is 24.2 Å². The lowest BCUT2D eigenvalue weighted by atomic mass is 10.1. The summed E-state index contributed by atoms with van der Waals surface area (Å²) in [6, 6.07) is 14.9. The molecule has 0 saturated carbocycles. The minimum absolute atomic E-state index is 0.0638. The molecule has 1 amide bonds. The largest absolute Gasteiger partial charge is 0.497 e. The first kappa shape index (κ1) is 18.6. The number of aryl methyl sites for hydroxylation is 1.